The second-order valence-corrected chi connectivity index (χ2v) is 7.90. The van der Waals surface area contributed by atoms with E-state index in [0.717, 1.165) is 23.3 Å². The molecule has 2 aromatic carbocycles. The Morgan fingerprint density at radius 1 is 1.04 bits per heavy atom. The van der Waals surface area contributed by atoms with Crippen molar-refractivity contribution in [3.8, 4) is 5.75 Å². The van der Waals surface area contributed by atoms with E-state index >= 15 is 0 Å². The Morgan fingerprint density at radius 2 is 1.79 bits per heavy atom. The van der Waals surface area contributed by atoms with Crippen molar-refractivity contribution in [3.05, 3.63) is 69.3 Å². The normalized spacial score (nSPS) is 19.7. The molecule has 0 aromatic heterocycles. The van der Waals surface area contributed by atoms with Crippen LogP contribution in [0.2, 0.25) is 10.0 Å². The molecule has 6 heteroatoms. The van der Waals surface area contributed by atoms with E-state index in [1.807, 2.05) is 24.3 Å². The minimum Gasteiger partial charge on any atom is -0.497 e. The lowest BCUT2D eigenvalue weighted by Crippen LogP contribution is -2.40. The van der Waals surface area contributed by atoms with Crippen LogP contribution in [0, 0.1) is 0 Å². The van der Waals surface area contributed by atoms with Crippen LogP contribution in [0.25, 0.3) is 0 Å². The summed E-state index contributed by atoms with van der Waals surface area (Å²) in [6.45, 7) is 0. The van der Waals surface area contributed by atoms with Crippen molar-refractivity contribution in [2.24, 2.45) is 0 Å². The van der Waals surface area contributed by atoms with Gasteiger partial charge in [-0.15, -0.1) is 0 Å². The highest BCUT2D eigenvalue weighted by Crippen LogP contribution is 2.44. The number of hydrogen-bond donors (Lipinski definition) is 0. The lowest BCUT2D eigenvalue weighted by Gasteiger charge is -2.38. The lowest BCUT2D eigenvalue weighted by molar-refractivity contribution is -0.119. The summed E-state index contributed by atoms with van der Waals surface area (Å²) >= 11 is 12.3. The third-order valence-electron chi connectivity index (χ3n) is 5.28. The first kappa shape index (κ1) is 19.0. The van der Waals surface area contributed by atoms with Crippen molar-refractivity contribution in [1.82, 2.24) is 0 Å². The molecule has 0 fully saturated rings. The van der Waals surface area contributed by atoms with Crippen LogP contribution in [0.3, 0.4) is 0 Å². The number of hydrogen-bond acceptors (Lipinski definition) is 3. The van der Waals surface area contributed by atoms with Gasteiger partial charge in [0.05, 0.1) is 12.8 Å². The third kappa shape index (κ3) is 3.43. The molecule has 1 unspecified atom stereocenters. The molecule has 4 rings (SSSR count). The number of benzene rings is 2. The monoisotopic (exact) mass is 415 g/mol. The molecular weight excluding hydrogens is 397 g/mol. The van der Waals surface area contributed by atoms with E-state index < -0.39 is 0 Å². The first-order valence-electron chi connectivity index (χ1n) is 9.17. The molecule has 144 valence electrons. The number of carbonyl (C=O) groups is 2. The van der Waals surface area contributed by atoms with E-state index in [1.165, 1.54) is 0 Å². The number of ketones is 1. The van der Waals surface area contributed by atoms with Gasteiger partial charge in [-0.3, -0.25) is 14.5 Å². The van der Waals surface area contributed by atoms with Gasteiger partial charge in [0.25, 0.3) is 0 Å². The van der Waals surface area contributed by atoms with E-state index in [-0.39, 0.29) is 24.0 Å². The van der Waals surface area contributed by atoms with Gasteiger partial charge in [-0.05, 0) is 48.7 Å². The molecule has 0 radical (unpaired) electrons. The maximum Gasteiger partial charge on any atom is 0.232 e. The zero-order chi connectivity index (χ0) is 19.8. The van der Waals surface area contributed by atoms with Gasteiger partial charge < -0.3 is 4.74 Å². The van der Waals surface area contributed by atoms with Gasteiger partial charge in [0.1, 0.15) is 5.75 Å². The maximum atomic E-state index is 13.2. The smallest absolute Gasteiger partial charge is 0.232 e. The van der Waals surface area contributed by atoms with Crippen LogP contribution in [0.5, 0.6) is 5.75 Å². The van der Waals surface area contributed by atoms with Crippen LogP contribution in [0.15, 0.2) is 53.7 Å². The summed E-state index contributed by atoms with van der Waals surface area (Å²) in [5, 5.41) is 0.906. The van der Waals surface area contributed by atoms with E-state index in [0.29, 0.717) is 34.3 Å². The first-order valence-corrected chi connectivity index (χ1v) is 9.93. The van der Waals surface area contributed by atoms with Crippen molar-refractivity contribution >= 4 is 40.6 Å². The molecule has 0 saturated carbocycles. The van der Waals surface area contributed by atoms with Gasteiger partial charge in [-0.25, -0.2) is 0 Å². The molecule has 0 spiro atoms. The van der Waals surface area contributed by atoms with Crippen LogP contribution in [0.4, 0.5) is 5.69 Å². The average molecular weight is 416 g/mol. The van der Waals surface area contributed by atoms with Gasteiger partial charge in [0.2, 0.25) is 5.91 Å². The van der Waals surface area contributed by atoms with Crippen LogP contribution >= 0.6 is 23.2 Å². The average Bonchev–Trinajstić information content (AvgIpc) is 2.66. The van der Waals surface area contributed by atoms with Gasteiger partial charge in [-0.1, -0.05) is 35.3 Å². The van der Waals surface area contributed by atoms with Crippen molar-refractivity contribution < 1.29 is 14.3 Å². The van der Waals surface area contributed by atoms with Crippen LogP contribution in [-0.4, -0.2) is 18.8 Å². The number of Topliss-reactive ketones (excluding diaryl/α,β-unsaturated/α-hetero) is 1. The second kappa shape index (κ2) is 7.61. The fraction of sp³-hybridized carbons (Fsp3) is 0.273. The molecule has 1 aliphatic carbocycles. The molecule has 4 nitrogen and oxygen atoms in total. The lowest BCUT2D eigenvalue weighted by atomic mass is 9.77. The molecule has 28 heavy (non-hydrogen) atoms. The van der Waals surface area contributed by atoms with Crippen LogP contribution in [-0.2, 0) is 9.59 Å². The minimum absolute atomic E-state index is 0.0698. The zero-order valence-corrected chi connectivity index (χ0v) is 16.9. The number of ether oxygens (including phenoxy) is 1. The van der Waals surface area contributed by atoms with Gasteiger partial charge in [0.15, 0.2) is 5.78 Å². The number of carbonyl (C=O) groups excluding carboxylic acids is 2. The third-order valence-corrected chi connectivity index (χ3v) is 5.71. The zero-order valence-electron chi connectivity index (χ0n) is 15.4. The number of allylic oxidation sites excluding steroid dienone is 2. The predicted octanol–water partition coefficient (Wildman–Crippen LogP) is 5.53. The highest BCUT2D eigenvalue weighted by molar-refractivity contribution is 6.35. The van der Waals surface area contributed by atoms with E-state index in [4.69, 9.17) is 27.9 Å². The molecule has 0 saturated heterocycles. The molecular formula is C22H19Cl2NO3. The molecule has 2 aromatic rings. The standard InChI is InChI=1S/C22H19Cl2NO3/c1-28-17-5-2-4-13(8-17)18-12-21(27)25(16-10-14(23)9-15(24)11-16)19-6-3-7-20(26)22(18)19/h2,4-5,8-11,18H,3,6-7,12H2,1H3. The summed E-state index contributed by atoms with van der Waals surface area (Å²) in [5.74, 6) is 0.468. The Balaban J connectivity index is 1.86. The molecule has 0 bridgehead atoms. The Morgan fingerprint density at radius 3 is 2.50 bits per heavy atom. The van der Waals surface area contributed by atoms with Gasteiger partial charge in [-0.2, -0.15) is 0 Å². The SMILES string of the molecule is COc1cccc(C2CC(=O)N(c3cc(Cl)cc(Cl)c3)C3=C2C(=O)CCC3)c1. The number of amides is 1. The Hall–Kier alpha value is -2.30. The number of nitrogens with zero attached hydrogens (tertiary/aromatic N) is 1. The number of rotatable bonds is 3. The summed E-state index contributed by atoms with van der Waals surface area (Å²) in [7, 11) is 1.60. The molecule has 2 aliphatic rings. The van der Waals surface area contributed by atoms with E-state index in [1.54, 1.807) is 30.2 Å². The molecule has 1 aliphatic heterocycles. The van der Waals surface area contributed by atoms with Crippen LogP contribution < -0.4 is 9.64 Å². The number of halogens is 2. The number of methoxy groups -OCH3 is 1. The van der Waals surface area contributed by atoms with E-state index in [9.17, 15) is 9.59 Å². The Kier molecular flexibility index (Phi) is 5.17. The number of anilines is 1. The first-order chi connectivity index (χ1) is 13.5. The van der Waals surface area contributed by atoms with Crippen molar-refractivity contribution in [1.29, 1.82) is 0 Å². The fourth-order valence-corrected chi connectivity index (χ4v) is 4.62. The summed E-state index contributed by atoms with van der Waals surface area (Å²) in [4.78, 5) is 27.7. The predicted molar refractivity (Wildman–Crippen MR) is 110 cm³/mol. The maximum absolute atomic E-state index is 13.2. The van der Waals surface area contributed by atoms with Crippen molar-refractivity contribution in [2.45, 2.75) is 31.6 Å². The Labute approximate surface area is 173 Å². The summed E-state index contributed by atoms with van der Waals surface area (Å²) < 4.78 is 5.33. The second-order valence-electron chi connectivity index (χ2n) is 7.03. The van der Waals surface area contributed by atoms with Crippen molar-refractivity contribution in [2.75, 3.05) is 12.0 Å². The fourth-order valence-electron chi connectivity index (χ4n) is 4.10. The molecule has 1 amide bonds. The molecule has 1 atom stereocenters. The quantitative estimate of drug-likeness (QED) is 0.661. The van der Waals surface area contributed by atoms with Gasteiger partial charge >= 0.3 is 0 Å². The summed E-state index contributed by atoms with van der Waals surface area (Å²) in [6.07, 6.45) is 2.09. The Bertz CT molecular complexity index is 979. The van der Waals surface area contributed by atoms with Crippen molar-refractivity contribution in [3.63, 3.8) is 0 Å². The highest BCUT2D eigenvalue weighted by Gasteiger charge is 2.39. The molecule has 0 N–H and O–H groups in total. The topological polar surface area (TPSA) is 46.6 Å². The minimum atomic E-state index is -0.267. The highest BCUT2D eigenvalue weighted by atomic mass is 35.5. The largest absolute Gasteiger partial charge is 0.497 e. The van der Waals surface area contributed by atoms with Gasteiger partial charge in [0, 0.05) is 40.1 Å². The molecule has 1 heterocycles. The summed E-state index contributed by atoms with van der Waals surface area (Å²) in [6, 6.07) is 12.6. The summed E-state index contributed by atoms with van der Waals surface area (Å²) in [5.41, 5.74) is 3.00. The van der Waals surface area contributed by atoms with Crippen LogP contribution in [0.1, 0.15) is 37.2 Å². The van der Waals surface area contributed by atoms with E-state index in [2.05, 4.69) is 0 Å².